The molecule has 2 rings (SSSR count). The zero-order valence-electron chi connectivity index (χ0n) is 11.7. The summed E-state index contributed by atoms with van der Waals surface area (Å²) >= 11 is 2.73. The van der Waals surface area contributed by atoms with Crippen molar-refractivity contribution < 1.29 is 0 Å². The zero-order valence-corrected chi connectivity index (χ0v) is 13.3. The Balaban J connectivity index is 2.29. The van der Waals surface area contributed by atoms with E-state index >= 15 is 0 Å². The fourth-order valence-corrected chi connectivity index (χ4v) is 2.86. The Bertz CT molecular complexity index is 528. The molecule has 9 heteroatoms. The third-order valence-corrected chi connectivity index (χ3v) is 4.08. The maximum atomic E-state index is 4.50. The average molecular weight is 311 g/mol. The van der Waals surface area contributed by atoms with Crippen LogP contribution in [-0.2, 0) is 0 Å². The van der Waals surface area contributed by atoms with E-state index in [0.29, 0.717) is 17.1 Å². The Kier molecular flexibility index (Phi) is 5.48. The summed E-state index contributed by atoms with van der Waals surface area (Å²) in [5.74, 6) is 1.28. The van der Waals surface area contributed by atoms with Crippen LogP contribution in [0.4, 0.5) is 11.9 Å². The molecule has 0 unspecified atom stereocenters. The van der Waals surface area contributed by atoms with E-state index in [1.165, 1.54) is 29.6 Å². The molecule has 0 fully saturated rings. The fourth-order valence-electron chi connectivity index (χ4n) is 1.56. The van der Waals surface area contributed by atoms with Crippen molar-refractivity contribution in [2.45, 2.75) is 30.3 Å². The molecule has 0 radical (unpaired) electrons. The van der Waals surface area contributed by atoms with Gasteiger partial charge in [0.1, 0.15) is 6.33 Å². The van der Waals surface area contributed by atoms with Gasteiger partial charge in [0.15, 0.2) is 4.34 Å². The van der Waals surface area contributed by atoms with E-state index < -0.39 is 0 Å². The summed E-state index contributed by atoms with van der Waals surface area (Å²) in [4.78, 5) is 19.6. The summed E-state index contributed by atoms with van der Waals surface area (Å²) in [6, 6.07) is 0. The van der Waals surface area contributed by atoms with E-state index in [-0.39, 0.29) is 0 Å². The van der Waals surface area contributed by atoms with Crippen LogP contribution in [0.3, 0.4) is 0 Å². The molecule has 0 aliphatic heterocycles. The van der Waals surface area contributed by atoms with Gasteiger partial charge in [0.25, 0.3) is 0 Å². The molecular formula is C11H17N7S2. The van der Waals surface area contributed by atoms with Crippen LogP contribution in [0.2, 0.25) is 0 Å². The fraction of sp³-hybridized carbons (Fsp3) is 0.545. The summed E-state index contributed by atoms with van der Waals surface area (Å²) in [6.45, 7) is 8.66. The van der Waals surface area contributed by atoms with Crippen LogP contribution in [0.1, 0.15) is 20.8 Å². The van der Waals surface area contributed by atoms with Crippen LogP contribution in [0, 0.1) is 0 Å². The molecule has 0 amide bonds. The minimum Gasteiger partial charge on any atom is -0.354 e. The first-order valence-electron chi connectivity index (χ1n) is 6.46. The van der Waals surface area contributed by atoms with Crippen LogP contribution in [0.5, 0.6) is 0 Å². The molecule has 0 bridgehead atoms. The van der Waals surface area contributed by atoms with Crippen molar-refractivity contribution in [2.75, 3.05) is 29.9 Å². The number of aromatic nitrogens is 5. The zero-order chi connectivity index (χ0) is 14.4. The standard InChI is InChI=1S/C11H17N7S2/c1-4-12-8-15-9(18(5-2)6-3)17-10(16-8)19-11-13-7-14-20-11/h7H,4-6H2,1-3H3,(H,12,15,16,17). The second-order valence-electron chi connectivity index (χ2n) is 3.75. The smallest absolute Gasteiger partial charge is 0.231 e. The molecule has 2 aromatic rings. The molecule has 0 aliphatic rings. The topological polar surface area (TPSA) is 79.7 Å². The first-order valence-corrected chi connectivity index (χ1v) is 8.05. The molecule has 0 atom stereocenters. The van der Waals surface area contributed by atoms with Crippen molar-refractivity contribution in [3.8, 4) is 0 Å². The van der Waals surface area contributed by atoms with Gasteiger partial charge in [0.2, 0.25) is 17.1 Å². The second kappa shape index (κ2) is 7.34. The summed E-state index contributed by atoms with van der Waals surface area (Å²) in [5, 5.41) is 3.77. The summed E-state index contributed by atoms with van der Waals surface area (Å²) in [7, 11) is 0. The van der Waals surface area contributed by atoms with Gasteiger partial charge >= 0.3 is 0 Å². The minimum atomic E-state index is 0.594. The van der Waals surface area contributed by atoms with Crippen LogP contribution < -0.4 is 10.2 Å². The van der Waals surface area contributed by atoms with Crippen LogP contribution in [0.15, 0.2) is 15.8 Å². The molecule has 7 nitrogen and oxygen atoms in total. The highest BCUT2D eigenvalue weighted by Crippen LogP contribution is 2.26. The first kappa shape index (κ1) is 14.9. The number of nitrogens with one attached hydrogen (secondary N) is 1. The van der Waals surface area contributed by atoms with Crippen molar-refractivity contribution in [3.63, 3.8) is 0 Å². The molecule has 108 valence electrons. The Morgan fingerprint density at radius 3 is 2.60 bits per heavy atom. The maximum absolute atomic E-state index is 4.50. The molecule has 0 saturated heterocycles. The Morgan fingerprint density at radius 2 is 2.00 bits per heavy atom. The first-order chi connectivity index (χ1) is 9.76. The van der Waals surface area contributed by atoms with E-state index in [9.17, 15) is 0 Å². The monoisotopic (exact) mass is 311 g/mol. The number of hydrogen-bond acceptors (Lipinski definition) is 9. The third kappa shape index (κ3) is 3.76. The SMILES string of the molecule is CCNc1nc(Sc2ncns2)nc(N(CC)CC)n1. The van der Waals surface area contributed by atoms with Crippen molar-refractivity contribution in [1.29, 1.82) is 0 Å². The number of anilines is 2. The molecule has 0 saturated carbocycles. The van der Waals surface area contributed by atoms with Gasteiger partial charge in [-0.05, 0) is 44.1 Å². The molecular weight excluding hydrogens is 294 g/mol. The molecule has 20 heavy (non-hydrogen) atoms. The highest BCUT2D eigenvalue weighted by atomic mass is 32.2. The lowest BCUT2D eigenvalue weighted by molar-refractivity contribution is 0.782. The molecule has 0 aromatic carbocycles. The van der Waals surface area contributed by atoms with Crippen molar-refractivity contribution in [3.05, 3.63) is 6.33 Å². The molecule has 0 aliphatic carbocycles. The van der Waals surface area contributed by atoms with Gasteiger partial charge < -0.3 is 10.2 Å². The van der Waals surface area contributed by atoms with Gasteiger partial charge in [-0.3, -0.25) is 0 Å². The van der Waals surface area contributed by atoms with Gasteiger partial charge in [-0.15, -0.1) is 0 Å². The molecule has 1 N–H and O–H groups in total. The quantitative estimate of drug-likeness (QED) is 0.833. The van der Waals surface area contributed by atoms with E-state index in [0.717, 1.165) is 24.0 Å². The van der Waals surface area contributed by atoms with Crippen LogP contribution in [-0.4, -0.2) is 43.9 Å². The molecule has 2 aromatic heterocycles. The van der Waals surface area contributed by atoms with Crippen molar-refractivity contribution in [1.82, 2.24) is 24.3 Å². The Hall–Kier alpha value is -1.48. The van der Waals surface area contributed by atoms with E-state index in [2.05, 4.69) is 48.4 Å². The normalized spacial score (nSPS) is 10.6. The summed E-state index contributed by atoms with van der Waals surface area (Å²) in [5.41, 5.74) is 0. The van der Waals surface area contributed by atoms with Gasteiger partial charge in [-0.1, -0.05) is 0 Å². The lowest BCUT2D eigenvalue weighted by Gasteiger charge is -2.19. The average Bonchev–Trinajstić information content (AvgIpc) is 2.93. The lowest BCUT2D eigenvalue weighted by atomic mass is 10.5. The Morgan fingerprint density at radius 1 is 1.20 bits per heavy atom. The minimum absolute atomic E-state index is 0.594. The van der Waals surface area contributed by atoms with E-state index in [1.807, 2.05) is 6.92 Å². The summed E-state index contributed by atoms with van der Waals surface area (Å²) < 4.78 is 4.80. The molecule has 0 spiro atoms. The van der Waals surface area contributed by atoms with E-state index in [1.54, 1.807) is 0 Å². The number of rotatable bonds is 7. The Labute approximate surface area is 126 Å². The van der Waals surface area contributed by atoms with Gasteiger partial charge in [-0.25, -0.2) is 4.98 Å². The van der Waals surface area contributed by atoms with Gasteiger partial charge in [0, 0.05) is 19.6 Å². The predicted molar refractivity (Wildman–Crippen MR) is 81.6 cm³/mol. The third-order valence-electron chi connectivity index (χ3n) is 2.50. The summed E-state index contributed by atoms with van der Waals surface area (Å²) in [6.07, 6.45) is 1.53. The van der Waals surface area contributed by atoms with Crippen molar-refractivity contribution in [2.24, 2.45) is 0 Å². The van der Waals surface area contributed by atoms with Gasteiger partial charge in [-0.2, -0.15) is 19.3 Å². The van der Waals surface area contributed by atoms with Crippen LogP contribution in [0.25, 0.3) is 0 Å². The number of hydrogen-bond donors (Lipinski definition) is 1. The lowest BCUT2D eigenvalue weighted by Crippen LogP contribution is -2.25. The van der Waals surface area contributed by atoms with Crippen molar-refractivity contribution >= 4 is 35.2 Å². The maximum Gasteiger partial charge on any atom is 0.231 e. The largest absolute Gasteiger partial charge is 0.354 e. The predicted octanol–water partition coefficient (Wildman–Crippen LogP) is 2.15. The highest BCUT2D eigenvalue weighted by Gasteiger charge is 2.12. The second-order valence-corrected chi connectivity index (χ2v) is 5.75. The highest BCUT2D eigenvalue weighted by molar-refractivity contribution is 8.00. The van der Waals surface area contributed by atoms with E-state index in [4.69, 9.17) is 0 Å². The number of nitrogens with zero attached hydrogens (tertiary/aromatic N) is 6. The van der Waals surface area contributed by atoms with Gasteiger partial charge in [0.05, 0.1) is 0 Å². The molecule has 2 heterocycles. The van der Waals surface area contributed by atoms with Crippen LogP contribution >= 0.6 is 23.3 Å².